The van der Waals surface area contributed by atoms with Gasteiger partial charge in [0.15, 0.2) is 0 Å². The van der Waals surface area contributed by atoms with E-state index in [1.165, 1.54) is 0 Å². The van der Waals surface area contributed by atoms with E-state index in [9.17, 15) is 14.9 Å². The molecule has 3 aromatic rings. The first-order valence-electron chi connectivity index (χ1n) is 11.7. The predicted molar refractivity (Wildman–Crippen MR) is 137 cm³/mol. The molecule has 1 heterocycles. The molecular formula is C27H30N4O4. The number of nitro benzene ring substituents is 1. The topological polar surface area (TPSA) is 88.0 Å². The van der Waals surface area contributed by atoms with Gasteiger partial charge < -0.3 is 19.9 Å². The third-order valence-electron chi connectivity index (χ3n) is 6.43. The minimum atomic E-state index is -0.365. The van der Waals surface area contributed by atoms with E-state index in [4.69, 9.17) is 4.74 Å². The van der Waals surface area contributed by atoms with Crippen molar-refractivity contribution in [2.24, 2.45) is 0 Å². The summed E-state index contributed by atoms with van der Waals surface area (Å²) in [4.78, 5) is 28.4. The number of benzene rings is 3. The number of carbonyl (C=O) groups excluding carboxylic acids is 1. The maximum atomic E-state index is 13.1. The van der Waals surface area contributed by atoms with Crippen molar-refractivity contribution in [2.75, 3.05) is 43.5 Å². The van der Waals surface area contributed by atoms with Gasteiger partial charge in [-0.05, 0) is 43.2 Å². The van der Waals surface area contributed by atoms with Crippen molar-refractivity contribution in [1.82, 2.24) is 4.90 Å². The molecular weight excluding hydrogens is 444 g/mol. The van der Waals surface area contributed by atoms with Crippen LogP contribution in [0.1, 0.15) is 34.5 Å². The van der Waals surface area contributed by atoms with Gasteiger partial charge in [0.25, 0.3) is 11.6 Å². The van der Waals surface area contributed by atoms with E-state index in [2.05, 4.69) is 10.2 Å². The van der Waals surface area contributed by atoms with Crippen molar-refractivity contribution in [3.8, 4) is 5.75 Å². The van der Waals surface area contributed by atoms with Gasteiger partial charge in [0.2, 0.25) is 0 Å². The molecule has 0 aliphatic carbocycles. The molecule has 0 radical (unpaired) electrons. The lowest BCUT2D eigenvalue weighted by Crippen LogP contribution is -2.48. The summed E-state index contributed by atoms with van der Waals surface area (Å²) in [7, 11) is 1.58. The second-order valence-corrected chi connectivity index (χ2v) is 8.67. The Morgan fingerprint density at radius 3 is 2.40 bits per heavy atom. The van der Waals surface area contributed by atoms with Crippen LogP contribution in [0.2, 0.25) is 0 Å². The van der Waals surface area contributed by atoms with Gasteiger partial charge in [-0.1, -0.05) is 42.5 Å². The summed E-state index contributed by atoms with van der Waals surface area (Å²) in [6.45, 7) is 6.27. The number of amides is 1. The molecule has 8 heteroatoms. The molecule has 0 saturated carbocycles. The third-order valence-corrected chi connectivity index (χ3v) is 6.43. The van der Waals surface area contributed by atoms with Gasteiger partial charge in [0.05, 0.1) is 17.6 Å². The predicted octanol–water partition coefficient (Wildman–Crippen LogP) is 5.05. The summed E-state index contributed by atoms with van der Waals surface area (Å²) < 4.78 is 5.47. The molecule has 1 saturated heterocycles. The summed E-state index contributed by atoms with van der Waals surface area (Å²) in [5, 5.41) is 15.0. The van der Waals surface area contributed by atoms with Crippen LogP contribution in [-0.4, -0.2) is 49.0 Å². The third kappa shape index (κ3) is 5.21. The van der Waals surface area contributed by atoms with Crippen molar-refractivity contribution in [1.29, 1.82) is 0 Å². The van der Waals surface area contributed by atoms with Crippen molar-refractivity contribution in [3.05, 3.63) is 93.5 Å². The molecule has 1 N–H and O–H groups in total. The van der Waals surface area contributed by atoms with Crippen LogP contribution < -0.4 is 15.0 Å². The summed E-state index contributed by atoms with van der Waals surface area (Å²) in [5.41, 5.74) is 3.94. The summed E-state index contributed by atoms with van der Waals surface area (Å²) in [5.74, 6) is 0.562. The van der Waals surface area contributed by atoms with Crippen LogP contribution in [0.15, 0.2) is 66.7 Å². The molecule has 0 spiro atoms. The average Bonchev–Trinajstić information content (AvgIpc) is 2.88. The Labute approximate surface area is 205 Å². The minimum Gasteiger partial charge on any atom is -0.496 e. The number of anilines is 2. The quantitative estimate of drug-likeness (QED) is 0.381. The zero-order valence-electron chi connectivity index (χ0n) is 20.2. The maximum absolute atomic E-state index is 13.1. The van der Waals surface area contributed by atoms with E-state index >= 15 is 0 Å². The van der Waals surface area contributed by atoms with Gasteiger partial charge in [-0.25, -0.2) is 0 Å². The molecule has 1 atom stereocenters. The van der Waals surface area contributed by atoms with Gasteiger partial charge in [-0.15, -0.1) is 0 Å². The highest BCUT2D eigenvalue weighted by Gasteiger charge is 2.26. The molecule has 0 bridgehead atoms. The van der Waals surface area contributed by atoms with Crippen molar-refractivity contribution >= 4 is 23.0 Å². The standard InChI is InChI=1S/C27H30N4O4/c1-19-8-7-11-23(26(19)35-3)27(32)30-16-14-29(15-17-30)22-12-13-25(31(33)34)24(18-22)28-20(2)21-9-5-4-6-10-21/h4-13,18,20,28H,14-17H2,1-3H3/t20-/m0/s1. The number of ether oxygens (including phenoxy) is 1. The Hall–Kier alpha value is -4.07. The van der Waals surface area contributed by atoms with Crippen LogP contribution in [0, 0.1) is 17.0 Å². The number of hydrogen-bond donors (Lipinski definition) is 1. The van der Waals surface area contributed by atoms with Crippen LogP contribution in [0.4, 0.5) is 17.1 Å². The van der Waals surface area contributed by atoms with E-state index in [1.807, 2.05) is 67.3 Å². The van der Waals surface area contributed by atoms with Gasteiger partial charge in [0.1, 0.15) is 11.4 Å². The van der Waals surface area contributed by atoms with E-state index in [0.29, 0.717) is 43.2 Å². The fourth-order valence-electron chi connectivity index (χ4n) is 4.48. The summed E-state index contributed by atoms with van der Waals surface area (Å²) in [6, 6.07) is 20.5. The number of aryl methyl sites for hydroxylation is 1. The molecule has 0 unspecified atom stereocenters. The number of nitrogens with one attached hydrogen (secondary N) is 1. The van der Waals surface area contributed by atoms with Crippen molar-refractivity contribution in [2.45, 2.75) is 19.9 Å². The van der Waals surface area contributed by atoms with Gasteiger partial charge >= 0.3 is 0 Å². The second kappa shape index (κ2) is 10.5. The van der Waals surface area contributed by atoms with Crippen LogP contribution >= 0.6 is 0 Å². The highest BCUT2D eigenvalue weighted by molar-refractivity contribution is 5.97. The van der Waals surface area contributed by atoms with Crippen molar-refractivity contribution < 1.29 is 14.5 Å². The average molecular weight is 475 g/mol. The first-order chi connectivity index (χ1) is 16.9. The number of hydrogen-bond acceptors (Lipinski definition) is 6. The molecule has 8 nitrogen and oxygen atoms in total. The number of nitrogens with zero attached hydrogens (tertiary/aromatic N) is 3. The van der Waals surface area contributed by atoms with Gasteiger partial charge in [-0.3, -0.25) is 14.9 Å². The molecule has 1 aliphatic heterocycles. The number of methoxy groups -OCH3 is 1. The van der Waals surface area contributed by atoms with E-state index in [-0.39, 0.29) is 22.6 Å². The highest BCUT2D eigenvalue weighted by Crippen LogP contribution is 2.33. The molecule has 1 fully saturated rings. The zero-order chi connectivity index (χ0) is 24.9. The fourth-order valence-corrected chi connectivity index (χ4v) is 4.48. The summed E-state index contributed by atoms with van der Waals surface area (Å²) >= 11 is 0. The lowest BCUT2D eigenvalue weighted by Gasteiger charge is -2.36. The van der Waals surface area contributed by atoms with Crippen LogP contribution in [0.5, 0.6) is 5.75 Å². The van der Waals surface area contributed by atoms with Gasteiger partial charge in [-0.2, -0.15) is 0 Å². The largest absolute Gasteiger partial charge is 0.496 e. The second-order valence-electron chi connectivity index (χ2n) is 8.67. The number of nitro groups is 1. The Bertz CT molecular complexity index is 1210. The van der Waals surface area contributed by atoms with Crippen LogP contribution in [0.3, 0.4) is 0 Å². The Morgan fingerprint density at radius 1 is 1.03 bits per heavy atom. The van der Waals surface area contributed by atoms with Crippen LogP contribution in [-0.2, 0) is 0 Å². The molecule has 35 heavy (non-hydrogen) atoms. The van der Waals surface area contributed by atoms with Crippen LogP contribution in [0.25, 0.3) is 0 Å². The normalized spacial score (nSPS) is 14.4. The number of rotatable bonds is 7. The molecule has 4 rings (SSSR count). The Kier molecular flexibility index (Phi) is 7.19. The number of carbonyl (C=O) groups is 1. The monoisotopic (exact) mass is 474 g/mol. The lowest BCUT2D eigenvalue weighted by molar-refractivity contribution is -0.384. The van der Waals surface area contributed by atoms with E-state index in [1.54, 1.807) is 25.3 Å². The smallest absolute Gasteiger partial charge is 0.292 e. The molecule has 182 valence electrons. The maximum Gasteiger partial charge on any atom is 0.292 e. The zero-order valence-corrected chi connectivity index (χ0v) is 20.2. The number of piperazine rings is 1. The van der Waals surface area contributed by atoms with Crippen molar-refractivity contribution in [3.63, 3.8) is 0 Å². The van der Waals surface area contributed by atoms with E-state index in [0.717, 1.165) is 16.8 Å². The molecule has 3 aromatic carbocycles. The van der Waals surface area contributed by atoms with E-state index < -0.39 is 0 Å². The minimum absolute atomic E-state index is 0.0388. The molecule has 0 aromatic heterocycles. The Morgan fingerprint density at radius 2 is 1.74 bits per heavy atom. The summed E-state index contributed by atoms with van der Waals surface area (Å²) in [6.07, 6.45) is 0. The fraction of sp³-hybridized carbons (Fsp3) is 0.296. The highest BCUT2D eigenvalue weighted by atomic mass is 16.6. The van der Waals surface area contributed by atoms with Gasteiger partial charge in [0, 0.05) is 44.0 Å². The first kappa shape index (κ1) is 24.1. The lowest BCUT2D eigenvalue weighted by atomic mass is 10.1. The molecule has 1 aliphatic rings. The SMILES string of the molecule is COc1c(C)cccc1C(=O)N1CCN(c2ccc([N+](=O)[O-])c(N[C@@H](C)c3ccccc3)c2)CC1. The molecule has 1 amide bonds. The Balaban J connectivity index is 1.49. The number of para-hydroxylation sites is 1. The first-order valence-corrected chi connectivity index (χ1v) is 11.7.